The van der Waals surface area contributed by atoms with Crippen LogP contribution in [0, 0.1) is 0 Å². The van der Waals surface area contributed by atoms with Crippen molar-refractivity contribution in [1.29, 1.82) is 0 Å². The van der Waals surface area contributed by atoms with Gasteiger partial charge in [0.05, 0.1) is 0 Å². The molecule has 0 unspecified atom stereocenters. The van der Waals surface area contributed by atoms with Gasteiger partial charge in [0.25, 0.3) is 5.91 Å². The highest BCUT2D eigenvalue weighted by Gasteiger charge is 2.06. The Balaban J connectivity index is 1.97. The minimum Gasteiger partial charge on any atom is -0.508 e. The number of benzene rings is 2. The SMILES string of the molecule is CN(C)C(=O)c1ccc(NCc2ccc(O)cc2)cc1. The van der Waals surface area contributed by atoms with Gasteiger partial charge in [-0.3, -0.25) is 4.79 Å². The third kappa shape index (κ3) is 3.51. The number of hydrogen-bond acceptors (Lipinski definition) is 3. The summed E-state index contributed by atoms with van der Waals surface area (Å²) in [7, 11) is 3.47. The molecule has 0 aliphatic rings. The van der Waals surface area contributed by atoms with Gasteiger partial charge in [-0.15, -0.1) is 0 Å². The van der Waals surface area contributed by atoms with Crippen molar-refractivity contribution in [2.75, 3.05) is 19.4 Å². The molecule has 0 saturated carbocycles. The lowest BCUT2D eigenvalue weighted by atomic mass is 10.1. The van der Waals surface area contributed by atoms with Crippen molar-refractivity contribution in [2.45, 2.75) is 6.54 Å². The minimum atomic E-state index is -0.00455. The molecule has 0 bridgehead atoms. The van der Waals surface area contributed by atoms with Gasteiger partial charge in [0.1, 0.15) is 5.75 Å². The molecule has 0 aliphatic heterocycles. The van der Waals surface area contributed by atoms with Crippen LogP contribution in [0.25, 0.3) is 0 Å². The summed E-state index contributed by atoms with van der Waals surface area (Å²) in [6.45, 7) is 0.668. The van der Waals surface area contributed by atoms with Crippen molar-refractivity contribution < 1.29 is 9.90 Å². The van der Waals surface area contributed by atoms with Gasteiger partial charge < -0.3 is 15.3 Å². The number of anilines is 1. The highest BCUT2D eigenvalue weighted by molar-refractivity contribution is 5.94. The predicted octanol–water partition coefficient (Wildman–Crippen LogP) is 2.71. The number of carbonyl (C=O) groups excluding carboxylic acids is 1. The van der Waals surface area contributed by atoms with Gasteiger partial charge in [0, 0.05) is 31.9 Å². The third-order valence-electron chi connectivity index (χ3n) is 2.97. The fourth-order valence-corrected chi connectivity index (χ4v) is 1.81. The number of phenols is 1. The second kappa shape index (κ2) is 6.10. The topological polar surface area (TPSA) is 52.6 Å². The van der Waals surface area contributed by atoms with E-state index in [2.05, 4.69) is 5.32 Å². The molecule has 0 aliphatic carbocycles. The maximum absolute atomic E-state index is 11.7. The van der Waals surface area contributed by atoms with Crippen molar-refractivity contribution in [1.82, 2.24) is 4.90 Å². The molecule has 0 heterocycles. The molecule has 2 N–H and O–H groups in total. The van der Waals surface area contributed by atoms with Crippen LogP contribution < -0.4 is 5.32 Å². The molecule has 0 aromatic heterocycles. The quantitative estimate of drug-likeness (QED) is 0.898. The van der Waals surface area contributed by atoms with Crippen molar-refractivity contribution in [3.05, 3.63) is 59.7 Å². The largest absolute Gasteiger partial charge is 0.508 e. The number of phenolic OH excluding ortho intramolecular Hbond substituents is 1. The van der Waals surface area contributed by atoms with Crippen LogP contribution in [0.1, 0.15) is 15.9 Å². The van der Waals surface area contributed by atoms with E-state index in [1.807, 2.05) is 36.4 Å². The lowest BCUT2D eigenvalue weighted by molar-refractivity contribution is 0.0827. The zero-order valence-electron chi connectivity index (χ0n) is 11.6. The van der Waals surface area contributed by atoms with Gasteiger partial charge in [-0.05, 0) is 42.0 Å². The number of carbonyl (C=O) groups is 1. The summed E-state index contributed by atoms with van der Waals surface area (Å²) < 4.78 is 0. The summed E-state index contributed by atoms with van der Waals surface area (Å²) in [6.07, 6.45) is 0. The molecular weight excluding hydrogens is 252 g/mol. The van der Waals surface area contributed by atoms with E-state index in [1.165, 1.54) is 0 Å². The van der Waals surface area contributed by atoms with Gasteiger partial charge in [-0.25, -0.2) is 0 Å². The molecule has 104 valence electrons. The number of rotatable bonds is 4. The molecule has 2 aromatic carbocycles. The molecule has 4 heteroatoms. The van der Waals surface area contributed by atoms with E-state index in [0.717, 1.165) is 11.3 Å². The molecule has 2 rings (SSSR count). The minimum absolute atomic E-state index is 0.00455. The Kier molecular flexibility index (Phi) is 4.25. The molecular formula is C16H18N2O2. The van der Waals surface area contributed by atoms with Crippen molar-refractivity contribution >= 4 is 11.6 Å². The molecule has 0 atom stereocenters. The Morgan fingerprint density at radius 1 is 1.05 bits per heavy atom. The summed E-state index contributed by atoms with van der Waals surface area (Å²) in [5, 5.41) is 12.5. The van der Waals surface area contributed by atoms with Crippen LogP contribution in [0.15, 0.2) is 48.5 Å². The standard InChI is InChI=1S/C16H18N2O2/c1-18(2)16(20)13-5-7-14(8-6-13)17-11-12-3-9-15(19)10-4-12/h3-10,17,19H,11H2,1-2H3. The fraction of sp³-hybridized carbons (Fsp3) is 0.188. The van der Waals surface area contributed by atoms with Gasteiger partial charge in [-0.2, -0.15) is 0 Å². The van der Waals surface area contributed by atoms with Gasteiger partial charge in [-0.1, -0.05) is 12.1 Å². The third-order valence-corrected chi connectivity index (χ3v) is 2.97. The maximum Gasteiger partial charge on any atom is 0.253 e. The zero-order chi connectivity index (χ0) is 14.5. The fourth-order valence-electron chi connectivity index (χ4n) is 1.81. The summed E-state index contributed by atoms with van der Waals surface area (Å²) in [6, 6.07) is 14.4. The van der Waals surface area contributed by atoms with E-state index in [9.17, 15) is 9.90 Å². The lowest BCUT2D eigenvalue weighted by Crippen LogP contribution is -2.21. The first-order valence-electron chi connectivity index (χ1n) is 6.40. The van der Waals surface area contributed by atoms with Gasteiger partial charge in [0.2, 0.25) is 0 Å². The highest BCUT2D eigenvalue weighted by atomic mass is 16.3. The van der Waals surface area contributed by atoms with Crippen LogP contribution in [-0.4, -0.2) is 30.0 Å². The van der Waals surface area contributed by atoms with Gasteiger partial charge >= 0.3 is 0 Å². The molecule has 4 nitrogen and oxygen atoms in total. The van der Waals surface area contributed by atoms with Crippen LogP contribution in [0.2, 0.25) is 0 Å². The van der Waals surface area contributed by atoms with Crippen LogP contribution in [0.3, 0.4) is 0 Å². The monoisotopic (exact) mass is 270 g/mol. The predicted molar refractivity (Wildman–Crippen MR) is 79.9 cm³/mol. The highest BCUT2D eigenvalue weighted by Crippen LogP contribution is 2.14. The summed E-state index contributed by atoms with van der Waals surface area (Å²) in [5.74, 6) is 0.260. The molecule has 0 fully saturated rings. The Hall–Kier alpha value is -2.49. The maximum atomic E-state index is 11.7. The first-order valence-corrected chi connectivity index (χ1v) is 6.40. The van der Waals surface area contributed by atoms with Crippen molar-refractivity contribution in [3.8, 4) is 5.75 Å². The van der Waals surface area contributed by atoms with E-state index in [1.54, 1.807) is 31.1 Å². The number of nitrogens with one attached hydrogen (secondary N) is 1. The molecule has 1 amide bonds. The lowest BCUT2D eigenvalue weighted by Gasteiger charge is -2.11. The van der Waals surface area contributed by atoms with E-state index in [0.29, 0.717) is 12.1 Å². The first kappa shape index (κ1) is 13.9. The van der Waals surface area contributed by atoms with Crippen LogP contribution in [-0.2, 0) is 6.54 Å². The van der Waals surface area contributed by atoms with Crippen LogP contribution >= 0.6 is 0 Å². The van der Waals surface area contributed by atoms with Gasteiger partial charge in [0.15, 0.2) is 0 Å². The Morgan fingerprint density at radius 2 is 1.65 bits per heavy atom. The second-order valence-corrected chi connectivity index (χ2v) is 4.80. The Labute approximate surface area is 118 Å². The molecule has 2 aromatic rings. The summed E-state index contributed by atoms with van der Waals surface area (Å²) in [5.41, 5.74) is 2.70. The normalized spacial score (nSPS) is 10.1. The molecule has 0 spiro atoms. The average molecular weight is 270 g/mol. The molecule has 0 saturated heterocycles. The second-order valence-electron chi connectivity index (χ2n) is 4.80. The first-order chi connectivity index (χ1) is 9.56. The Bertz CT molecular complexity index is 574. The number of aromatic hydroxyl groups is 1. The van der Waals surface area contributed by atoms with Crippen LogP contribution in [0.5, 0.6) is 5.75 Å². The van der Waals surface area contributed by atoms with E-state index >= 15 is 0 Å². The summed E-state index contributed by atoms with van der Waals surface area (Å²) >= 11 is 0. The van der Waals surface area contributed by atoms with Crippen molar-refractivity contribution in [2.24, 2.45) is 0 Å². The molecule has 0 radical (unpaired) electrons. The molecule has 20 heavy (non-hydrogen) atoms. The average Bonchev–Trinajstić information content (AvgIpc) is 2.46. The summed E-state index contributed by atoms with van der Waals surface area (Å²) in [4.78, 5) is 13.3. The van der Waals surface area contributed by atoms with E-state index < -0.39 is 0 Å². The van der Waals surface area contributed by atoms with Crippen LogP contribution in [0.4, 0.5) is 5.69 Å². The Morgan fingerprint density at radius 3 is 2.20 bits per heavy atom. The number of hydrogen-bond donors (Lipinski definition) is 2. The van der Waals surface area contributed by atoms with E-state index in [-0.39, 0.29) is 11.7 Å². The number of nitrogens with zero attached hydrogens (tertiary/aromatic N) is 1. The zero-order valence-corrected chi connectivity index (χ0v) is 11.6. The smallest absolute Gasteiger partial charge is 0.253 e. The van der Waals surface area contributed by atoms with Crippen molar-refractivity contribution in [3.63, 3.8) is 0 Å². The van der Waals surface area contributed by atoms with E-state index in [4.69, 9.17) is 0 Å². The number of amides is 1.